The molecule has 0 bridgehead atoms. The van der Waals surface area contributed by atoms with Crippen LogP contribution in [0.1, 0.15) is 24.8 Å². The van der Waals surface area contributed by atoms with E-state index in [2.05, 4.69) is 10.0 Å². The number of hydrogen-bond donors (Lipinski definition) is 2. The highest BCUT2D eigenvalue weighted by atomic mass is 32.2. The molecule has 4 nitrogen and oxygen atoms in total. The molecule has 0 radical (unpaired) electrons. The number of piperidine rings is 1. The minimum absolute atomic E-state index is 0.386. The van der Waals surface area contributed by atoms with Crippen LogP contribution in [-0.2, 0) is 10.0 Å². The molecular formula is C14H22N2O2S. The maximum absolute atomic E-state index is 12.2. The van der Waals surface area contributed by atoms with Crippen LogP contribution in [0.4, 0.5) is 0 Å². The molecule has 1 saturated heterocycles. The molecule has 1 aromatic carbocycles. The van der Waals surface area contributed by atoms with Gasteiger partial charge in [0.1, 0.15) is 0 Å². The number of nitrogens with one attached hydrogen (secondary N) is 2. The Morgan fingerprint density at radius 1 is 1.37 bits per heavy atom. The molecule has 2 rings (SSSR count). The quantitative estimate of drug-likeness (QED) is 0.863. The van der Waals surface area contributed by atoms with Gasteiger partial charge in [0, 0.05) is 6.54 Å². The van der Waals surface area contributed by atoms with E-state index < -0.39 is 10.0 Å². The first kappa shape index (κ1) is 14.5. The molecule has 1 aromatic rings. The molecule has 0 aromatic heterocycles. The summed E-state index contributed by atoms with van der Waals surface area (Å²) in [4.78, 5) is 0.386. The molecule has 5 heteroatoms. The van der Waals surface area contributed by atoms with Crippen LogP contribution in [0.5, 0.6) is 0 Å². The molecule has 0 amide bonds. The molecule has 1 unspecified atom stereocenters. The lowest BCUT2D eigenvalue weighted by Crippen LogP contribution is -2.33. The molecule has 1 atom stereocenters. The van der Waals surface area contributed by atoms with Gasteiger partial charge in [-0.25, -0.2) is 13.1 Å². The molecule has 1 aliphatic rings. The largest absolute Gasteiger partial charge is 0.316 e. The lowest BCUT2D eigenvalue weighted by Gasteiger charge is -2.22. The zero-order chi connectivity index (χ0) is 13.7. The minimum Gasteiger partial charge on any atom is -0.316 e. The van der Waals surface area contributed by atoms with Crippen molar-refractivity contribution < 1.29 is 8.42 Å². The highest BCUT2D eigenvalue weighted by Crippen LogP contribution is 2.16. The summed E-state index contributed by atoms with van der Waals surface area (Å²) in [7, 11) is -3.36. The molecule has 0 aliphatic carbocycles. The standard InChI is InChI=1S/C14H22N2O2S/c1-12-5-2-3-7-14(12)19(17,18)16-10-8-13-6-4-9-15-11-13/h2-3,5,7,13,15-16H,4,6,8-11H2,1H3. The summed E-state index contributed by atoms with van der Waals surface area (Å²) in [5.41, 5.74) is 0.786. The van der Waals surface area contributed by atoms with Crippen molar-refractivity contribution in [3.05, 3.63) is 29.8 Å². The second kappa shape index (κ2) is 6.50. The van der Waals surface area contributed by atoms with Crippen LogP contribution in [0.3, 0.4) is 0 Å². The monoisotopic (exact) mass is 282 g/mol. The first-order valence-electron chi connectivity index (χ1n) is 6.85. The van der Waals surface area contributed by atoms with E-state index in [-0.39, 0.29) is 0 Å². The summed E-state index contributed by atoms with van der Waals surface area (Å²) in [5, 5.41) is 3.35. The van der Waals surface area contributed by atoms with Crippen LogP contribution in [-0.4, -0.2) is 28.1 Å². The Bertz CT molecular complexity index is 508. The predicted molar refractivity (Wildman–Crippen MR) is 76.6 cm³/mol. The normalized spacial score (nSPS) is 20.4. The van der Waals surface area contributed by atoms with E-state index >= 15 is 0 Å². The summed E-state index contributed by atoms with van der Waals surface area (Å²) < 4.78 is 27.0. The van der Waals surface area contributed by atoms with Crippen molar-refractivity contribution in [1.29, 1.82) is 0 Å². The van der Waals surface area contributed by atoms with Crippen molar-refractivity contribution in [2.45, 2.75) is 31.1 Å². The van der Waals surface area contributed by atoms with Gasteiger partial charge >= 0.3 is 0 Å². The Kier molecular flexibility index (Phi) is 4.96. The molecule has 1 aliphatic heterocycles. The maximum atomic E-state index is 12.2. The zero-order valence-electron chi connectivity index (χ0n) is 11.4. The number of benzene rings is 1. The fourth-order valence-electron chi connectivity index (χ4n) is 2.50. The third-order valence-corrected chi connectivity index (χ3v) is 5.25. The van der Waals surface area contributed by atoms with E-state index in [9.17, 15) is 8.42 Å². The van der Waals surface area contributed by atoms with Crippen LogP contribution in [0.25, 0.3) is 0 Å². The third-order valence-electron chi connectivity index (χ3n) is 3.63. The van der Waals surface area contributed by atoms with E-state index in [1.165, 1.54) is 12.8 Å². The molecule has 1 heterocycles. The van der Waals surface area contributed by atoms with Gasteiger partial charge in [-0.15, -0.1) is 0 Å². The zero-order valence-corrected chi connectivity index (χ0v) is 12.2. The van der Waals surface area contributed by atoms with Crippen molar-refractivity contribution in [3.8, 4) is 0 Å². The van der Waals surface area contributed by atoms with E-state index in [1.54, 1.807) is 12.1 Å². The van der Waals surface area contributed by atoms with Gasteiger partial charge in [-0.1, -0.05) is 18.2 Å². The number of hydrogen-bond acceptors (Lipinski definition) is 3. The van der Waals surface area contributed by atoms with Gasteiger partial charge in [-0.2, -0.15) is 0 Å². The molecule has 0 saturated carbocycles. The second-order valence-corrected chi connectivity index (χ2v) is 6.90. The second-order valence-electron chi connectivity index (χ2n) is 5.16. The molecule has 0 spiro atoms. The highest BCUT2D eigenvalue weighted by molar-refractivity contribution is 7.89. The van der Waals surface area contributed by atoms with Gasteiger partial charge in [-0.05, 0) is 56.8 Å². The van der Waals surface area contributed by atoms with Crippen molar-refractivity contribution in [2.75, 3.05) is 19.6 Å². The van der Waals surface area contributed by atoms with Crippen molar-refractivity contribution >= 4 is 10.0 Å². The van der Waals surface area contributed by atoms with Crippen molar-refractivity contribution in [3.63, 3.8) is 0 Å². The number of sulfonamides is 1. The van der Waals surface area contributed by atoms with Crippen LogP contribution in [0.2, 0.25) is 0 Å². The Labute approximate surface area is 115 Å². The SMILES string of the molecule is Cc1ccccc1S(=O)(=O)NCCC1CCCNC1. The van der Waals surface area contributed by atoms with Crippen molar-refractivity contribution in [2.24, 2.45) is 5.92 Å². The lowest BCUT2D eigenvalue weighted by atomic mass is 9.96. The van der Waals surface area contributed by atoms with E-state index in [4.69, 9.17) is 0 Å². The van der Waals surface area contributed by atoms with Crippen LogP contribution in [0.15, 0.2) is 29.2 Å². The maximum Gasteiger partial charge on any atom is 0.240 e. The van der Waals surface area contributed by atoms with E-state index in [0.717, 1.165) is 25.1 Å². The van der Waals surface area contributed by atoms with Gasteiger partial charge < -0.3 is 5.32 Å². The average Bonchev–Trinajstić information content (AvgIpc) is 2.40. The smallest absolute Gasteiger partial charge is 0.240 e. The van der Waals surface area contributed by atoms with Gasteiger partial charge in [-0.3, -0.25) is 0 Å². The third kappa shape index (κ3) is 4.03. The Balaban J connectivity index is 1.89. The summed E-state index contributed by atoms with van der Waals surface area (Å²) in [6.07, 6.45) is 3.28. The van der Waals surface area contributed by atoms with Gasteiger partial charge in [0.15, 0.2) is 0 Å². The number of rotatable bonds is 5. The Hall–Kier alpha value is -0.910. The Morgan fingerprint density at radius 3 is 2.84 bits per heavy atom. The van der Waals surface area contributed by atoms with Gasteiger partial charge in [0.2, 0.25) is 10.0 Å². The first-order valence-corrected chi connectivity index (χ1v) is 8.34. The summed E-state index contributed by atoms with van der Waals surface area (Å²) in [6, 6.07) is 7.08. The fraction of sp³-hybridized carbons (Fsp3) is 0.571. The highest BCUT2D eigenvalue weighted by Gasteiger charge is 2.17. The topological polar surface area (TPSA) is 58.2 Å². The first-order chi connectivity index (χ1) is 9.09. The van der Waals surface area contributed by atoms with Crippen molar-refractivity contribution in [1.82, 2.24) is 10.0 Å². The number of aryl methyl sites for hydroxylation is 1. The molecule has 106 valence electrons. The summed E-state index contributed by atoms with van der Waals surface area (Å²) in [5.74, 6) is 0.591. The Morgan fingerprint density at radius 2 is 2.16 bits per heavy atom. The molecule has 2 N–H and O–H groups in total. The van der Waals surface area contributed by atoms with E-state index in [0.29, 0.717) is 17.4 Å². The predicted octanol–water partition coefficient (Wildman–Crippen LogP) is 1.66. The minimum atomic E-state index is -3.36. The van der Waals surface area contributed by atoms with E-state index in [1.807, 2.05) is 19.1 Å². The molecule has 19 heavy (non-hydrogen) atoms. The van der Waals surface area contributed by atoms with Gasteiger partial charge in [0.05, 0.1) is 4.90 Å². The van der Waals surface area contributed by atoms with Crippen LogP contribution in [0, 0.1) is 12.8 Å². The fourth-order valence-corrected chi connectivity index (χ4v) is 3.80. The van der Waals surface area contributed by atoms with Crippen LogP contribution < -0.4 is 10.0 Å². The summed E-state index contributed by atoms with van der Waals surface area (Å²) >= 11 is 0. The van der Waals surface area contributed by atoms with Crippen LogP contribution >= 0.6 is 0 Å². The average molecular weight is 282 g/mol. The van der Waals surface area contributed by atoms with Gasteiger partial charge in [0.25, 0.3) is 0 Å². The lowest BCUT2D eigenvalue weighted by molar-refractivity contribution is 0.358. The molecular weight excluding hydrogens is 260 g/mol. The molecule has 1 fully saturated rings. The summed E-state index contributed by atoms with van der Waals surface area (Å²) in [6.45, 7) is 4.43.